The molecule has 2 N–H and O–H groups in total. The average Bonchev–Trinajstić information content (AvgIpc) is 2.35. The molecule has 112 valence electrons. The predicted octanol–water partition coefficient (Wildman–Crippen LogP) is 2.55. The monoisotopic (exact) mass is 269 g/mol. The van der Waals surface area contributed by atoms with E-state index in [2.05, 4.69) is 43.3 Å². The minimum absolute atomic E-state index is 0.207. The van der Waals surface area contributed by atoms with Crippen LogP contribution in [-0.2, 0) is 4.74 Å². The molecule has 0 saturated heterocycles. The number of methoxy groups -OCH3 is 1. The summed E-state index contributed by atoms with van der Waals surface area (Å²) in [7, 11) is 1.73. The Kier molecular flexibility index (Phi) is 6.11. The summed E-state index contributed by atoms with van der Waals surface area (Å²) in [6, 6.07) is 0. The highest BCUT2D eigenvalue weighted by Gasteiger charge is 2.34. The average molecular weight is 269 g/mol. The van der Waals surface area contributed by atoms with Gasteiger partial charge in [-0.15, -0.1) is 0 Å². The molecule has 0 aromatic heterocycles. The van der Waals surface area contributed by atoms with Crippen LogP contribution in [-0.4, -0.2) is 38.3 Å². The molecule has 1 rings (SSSR count). The minimum Gasteiger partial charge on any atom is -0.377 e. The van der Waals surface area contributed by atoms with Gasteiger partial charge in [0, 0.05) is 20.2 Å². The molecule has 1 aliphatic rings. The molecular weight excluding hydrogens is 238 g/mol. The van der Waals surface area contributed by atoms with Crippen LogP contribution in [0.5, 0.6) is 0 Å². The summed E-state index contributed by atoms with van der Waals surface area (Å²) < 4.78 is 5.40. The Morgan fingerprint density at radius 3 is 2.37 bits per heavy atom. The van der Waals surface area contributed by atoms with Crippen molar-refractivity contribution in [2.75, 3.05) is 26.7 Å². The molecule has 4 heteroatoms. The van der Waals surface area contributed by atoms with Gasteiger partial charge in [0.2, 0.25) is 0 Å². The van der Waals surface area contributed by atoms with Crippen molar-refractivity contribution in [1.82, 2.24) is 10.6 Å². The van der Waals surface area contributed by atoms with Gasteiger partial charge in [-0.05, 0) is 45.4 Å². The second kappa shape index (κ2) is 7.13. The lowest BCUT2D eigenvalue weighted by molar-refractivity contribution is 0.0310. The molecule has 19 heavy (non-hydrogen) atoms. The van der Waals surface area contributed by atoms with E-state index in [1.165, 1.54) is 25.7 Å². The number of rotatable bonds is 7. The van der Waals surface area contributed by atoms with E-state index in [9.17, 15) is 0 Å². The van der Waals surface area contributed by atoms with Crippen LogP contribution in [0.2, 0.25) is 0 Å². The number of hydrogen-bond donors (Lipinski definition) is 2. The molecule has 0 aromatic carbocycles. The largest absolute Gasteiger partial charge is 0.377 e. The van der Waals surface area contributed by atoms with Crippen LogP contribution >= 0.6 is 0 Å². The zero-order chi connectivity index (χ0) is 14.4. The quantitative estimate of drug-likeness (QED) is 0.551. The number of ether oxygens (including phenoxy) is 1. The molecule has 1 saturated carbocycles. The Morgan fingerprint density at radius 2 is 1.95 bits per heavy atom. The van der Waals surface area contributed by atoms with Gasteiger partial charge in [0.1, 0.15) is 0 Å². The van der Waals surface area contributed by atoms with Gasteiger partial charge in [-0.2, -0.15) is 0 Å². The Balaban J connectivity index is 2.50. The lowest BCUT2D eigenvalue weighted by Gasteiger charge is -2.41. The predicted molar refractivity (Wildman–Crippen MR) is 81.6 cm³/mol. The first-order valence-corrected chi connectivity index (χ1v) is 7.54. The molecule has 1 fully saturated rings. The van der Waals surface area contributed by atoms with Crippen LogP contribution in [0.1, 0.15) is 53.4 Å². The standard InChI is InChI=1S/C15H31N3O/c1-6-15(9-8-10-15)12-18-13(16-7-2)17-11-14(3,4)19-5/h6-12H2,1-5H3,(H2,16,17,18). The van der Waals surface area contributed by atoms with E-state index < -0.39 is 0 Å². The molecular formula is C15H31N3O. The maximum atomic E-state index is 5.40. The first kappa shape index (κ1) is 16.3. The smallest absolute Gasteiger partial charge is 0.191 e. The van der Waals surface area contributed by atoms with E-state index in [0.717, 1.165) is 19.0 Å². The highest BCUT2D eigenvalue weighted by molar-refractivity contribution is 5.79. The summed E-state index contributed by atoms with van der Waals surface area (Å²) in [4.78, 5) is 4.62. The van der Waals surface area contributed by atoms with Crippen molar-refractivity contribution < 1.29 is 4.74 Å². The van der Waals surface area contributed by atoms with Crippen LogP contribution in [0.4, 0.5) is 0 Å². The SMILES string of the molecule is CCNC(=NCC(C)(C)OC)NCC1(CC)CCC1. The third-order valence-corrected chi connectivity index (χ3v) is 4.31. The summed E-state index contributed by atoms with van der Waals surface area (Å²) in [5, 5.41) is 6.80. The fourth-order valence-electron chi connectivity index (χ4n) is 2.28. The van der Waals surface area contributed by atoms with E-state index in [4.69, 9.17) is 4.74 Å². The van der Waals surface area contributed by atoms with Crippen molar-refractivity contribution in [3.8, 4) is 0 Å². The summed E-state index contributed by atoms with van der Waals surface area (Å²) in [6.45, 7) is 11.1. The van der Waals surface area contributed by atoms with Crippen molar-refractivity contribution in [2.24, 2.45) is 10.4 Å². The van der Waals surface area contributed by atoms with E-state index in [1.807, 2.05) is 0 Å². The number of hydrogen-bond acceptors (Lipinski definition) is 2. The number of nitrogens with zero attached hydrogens (tertiary/aromatic N) is 1. The van der Waals surface area contributed by atoms with E-state index in [-0.39, 0.29) is 5.60 Å². The Hall–Kier alpha value is -0.770. The topological polar surface area (TPSA) is 45.7 Å². The molecule has 0 heterocycles. The molecule has 0 amide bonds. The van der Waals surface area contributed by atoms with Gasteiger partial charge in [0.15, 0.2) is 5.96 Å². The van der Waals surface area contributed by atoms with Crippen LogP contribution in [0.3, 0.4) is 0 Å². The van der Waals surface area contributed by atoms with Crippen LogP contribution in [0.25, 0.3) is 0 Å². The second-order valence-electron chi connectivity index (χ2n) is 6.22. The fraction of sp³-hybridized carbons (Fsp3) is 0.933. The molecule has 1 aliphatic carbocycles. The summed E-state index contributed by atoms with van der Waals surface area (Å²) in [5.41, 5.74) is 0.300. The number of nitrogens with one attached hydrogen (secondary N) is 2. The Labute approximate surface area is 118 Å². The first-order valence-electron chi connectivity index (χ1n) is 7.54. The van der Waals surface area contributed by atoms with Gasteiger partial charge < -0.3 is 15.4 Å². The minimum atomic E-state index is -0.207. The van der Waals surface area contributed by atoms with Crippen molar-refractivity contribution in [1.29, 1.82) is 0 Å². The summed E-state index contributed by atoms with van der Waals surface area (Å²) in [5.74, 6) is 0.910. The number of guanidine groups is 1. The zero-order valence-corrected chi connectivity index (χ0v) is 13.3. The molecule has 4 nitrogen and oxygen atoms in total. The molecule has 0 bridgehead atoms. The number of aliphatic imine (C=N–C) groups is 1. The zero-order valence-electron chi connectivity index (χ0n) is 13.3. The van der Waals surface area contributed by atoms with Gasteiger partial charge in [-0.25, -0.2) is 0 Å². The molecule has 0 aliphatic heterocycles. The maximum Gasteiger partial charge on any atom is 0.191 e. The lowest BCUT2D eigenvalue weighted by atomic mass is 9.67. The van der Waals surface area contributed by atoms with Gasteiger partial charge in [-0.3, -0.25) is 4.99 Å². The van der Waals surface area contributed by atoms with Crippen LogP contribution in [0, 0.1) is 5.41 Å². The second-order valence-corrected chi connectivity index (χ2v) is 6.22. The van der Waals surface area contributed by atoms with E-state index >= 15 is 0 Å². The third-order valence-electron chi connectivity index (χ3n) is 4.31. The first-order chi connectivity index (χ1) is 8.97. The highest BCUT2D eigenvalue weighted by atomic mass is 16.5. The fourth-order valence-corrected chi connectivity index (χ4v) is 2.28. The van der Waals surface area contributed by atoms with Crippen LogP contribution < -0.4 is 10.6 Å². The Bertz CT molecular complexity index is 290. The lowest BCUT2D eigenvalue weighted by Crippen LogP contribution is -2.46. The normalized spacial score (nSPS) is 18.9. The molecule has 0 spiro atoms. The van der Waals surface area contributed by atoms with Gasteiger partial charge >= 0.3 is 0 Å². The van der Waals surface area contributed by atoms with Crippen molar-refractivity contribution in [2.45, 2.75) is 59.0 Å². The molecule has 0 radical (unpaired) electrons. The maximum absolute atomic E-state index is 5.40. The molecule has 0 atom stereocenters. The summed E-state index contributed by atoms with van der Waals surface area (Å²) in [6.07, 6.45) is 5.32. The van der Waals surface area contributed by atoms with Crippen LogP contribution in [0.15, 0.2) is 4.99 Å². The molecule has 0 unspecified atom stereocenters. The Morgan fingerprint density at radius 1 is 1.26 bits per heavy atom. The highest BCUT2D eigenvalue weighted by Crippen LogP contribution is 2.42. The summed E-state index contributed by atoms with van der Waals surface area (Å²) >= 11 is 0. The molecule has 0 aromatic rings. The van der Waals surface area contributed by atoms with Gasteiger partial charge in [0.05, 0.1) is 12.1 Å². The third kappa shape index (κ3) is 5.01. The van der Waals surface area contributed by atoms with Gasteiger partial charge in [-0.1, -0.05) is 13.3 Å². The van der Waals surface area contributed by atoms with E-state index in [0.29, 0.717) is 12.0 Å². The van der Waals surface area contributed by atoms with Crippen molar-refractivity contribution in [3.05, 3.63) is 0 Å². The van der Waals surface area contributed by atoms with E-state index in [1.54, 1.807) is 7.11 Å². The van der Waals surface area contributed by atoms with Crippen molar-refractivity contribution >= 4 is 5.96 Å². The van der Waals surface area contributed by atoms with Gasteiger partial charge in [0.25, 0.3) is 0 Å². The van der Waals surface area contributed by atoms with Crippen molar-refractivity contribution in [3.63, 3.8) is 0 Å².